The van der Waals surface area contributed by atoms with E-state index in [0.29, 0.717) is 5.75 Å². The maximum Gasteiger partial charge on any atom is 0.140 e. The Bertz CT molecular complexity index is 438. The fraction of sp³-hybridized carbons (Fsp3) is 0.600. The Morgan fingerprint density at radius 3 is 2.60 bits per heavy atom. The molecule has 1 aliphatic rings. The second kappa shape index (κ2) is 7.74. The molecule has 0 spiro atoms. The molecule has 1 aliphatic carbocycles. The first-order valence-corrected chi connectivity index (χ1v) is 7.91. The Kier molecular flexibility index (Phi) is 5.98. The van der Waals surface area contributed by atoms with E-state index in [2.05, 4.69) is 5.32 Å². The molecule has 0 unspecified atom stereocenters. The molecule has 1 aromatic rings. The summed E-state index contributed by atoms with van der Waals surface area (Å²) in [7, 11) is 3.26. The molecule has 3 nitrogen and oxygen atoms in total. The SMILES string of the molecule is COc1cc(SCF)c(OC)cc1CCNCC1CC1. The van der Waals surface area contributed by atoms with Gasteiger partial charge in [-0.3, -0.25) is 0 Å². The van der Waals surface area contributed by atoms with Gasteiger partial charge in [0.15, 0.2) is 0 Å². The van der Waals surface area contributed by atoms with Crippen LogP contribution in [0.1, 0.15) is 18.4 Å². The Hall–Kier alpha value is -0.940. The third-order valence-electron chi connectivity index (χ3n) is 3.48. The Labute approximate surface area is 124 Å². The van der Waals surface area contributed by atoms with Gasteiger partial charge in [0.25, 0.3) is 0 Å². The van der Waals surface area contributed by atoms with Crippen LogP contribution in [-0.2, 0) is 6.42 Å². The minimum absolute atomic E-state index is 0.470. The van der Waals surface area contributed by atoms with Gasteiger partial charge in [-0.15, -0.1) is 0 Å². The zero-order chi connectivity index (χ0) is 14.4. The van der Waals surface area contributed by atoms with Crippen LogP contribution in [0.5, 0.6) is 11.5 Å². The largest absolute Gasteiger partial charge is 0.496 e. The van der Waals surface area contributed by atoms with Crippen LogP contribution in [0.2, 0.25) is 0 Å². The van der Waals surface area contributed by atoms with Gasteiger partial charge in [-0.2, -0.15) is 0 Å². The predicted octanol–water partition coefficient (Wildman–Crippen LogP) is 3.27. The first kappa shape index (κ1) is 15.4. The molecule has 0 aromatic heterocycles. The number of ether oxygens (including phenoxy) is 2. The molecule has 5 heteroatoms. The number of nitrogens with one attached hydrogen (secondary N) is 1. The summed E-state index contributed by atoms with van der Waals surface area (Å²) in [4.78, 5) is 0.779. The standard InChI is InChI=1S/C15H22FNO2S/c1-18-13-8-15(20-10-16)14(19-2)7-12(13)5-6-17-9-11-3-4-11/h7-8,11,17H,3-6,9-10H2,1-2H3. The molecule has 1 fully saturated rings. The van der Waals surface area contributed by atoms with E-state index < -0.39 is 6.01 Å². The van der Waals surface area contributed by atoms with E-state index in [4.69, 9.17) is 9.47 Å². The van der Waals surface area contributed by atoms with Gasteiger partial charge in [-0.1, -0.05) is 11.8 Å². The van der Waals surface area contributed by atoms with Crippen LogP contribution >= 0.6 is 11.8 Å². The maximum atomic E-state index is 12.5. The molecule has 0 saturated heterocycles. The summed E-state index contributed by atoms with van der Waals surface area (Å²) in [6, 6.07) is 3.34. The highest BCUT2D eigenvalue weighted by atomic mass is 32.2. The van der Waals surface area contributed by atoms with Crippen molar-refractivity contribution in [2.45, 2.75) is 24.2 Å². The summed E-state index contributed by atoms with van der Waals surface area (Å²) in [6.45, 7) is 2.03. The van der Waals surface area contributed by atoms with Crippen molar-refractivity contribution in [3.63, 3.8) is 0 Å². The van der Waals surface area contributed by atoms with Crippen molar-refractivity contribution in [3.8, 4) is 11.5 Å². The minimum atomic E-state index is -0.470. The minimum Gasteiger partial charge on any atom is -0.496 e. The van der Waals surface area contributed by atoms with Crippen LogP contribution in [0.15, 0.2) is 17.0 Å². The molecular weight excluding hydrogens is 277 g/mol. The number of methoxy groups -OCH3 is 2. The van der Waals surface area contributed by atoms with Gasteiger partial charge in [-0.25, -0.2) is 4.39 Å². The molecule has 2 rings (SSSR count). The molecule has 0 heterocycles. The third-order valence-corrected chi connectivity index (χ3v) is 4.22. The van der Waals surface area contributed by atoms with E-state index in [1.54, 1.807) is 14.2 Å². The lowest BCUT2D eigenvalue weighted by Crippen LogP contribution is -2.20. The number of halogens is 1. The van der Waals surface area contributed by atoms with Crippen molar-refractivity contribution in [2.75, 3.05) is 33.3 Å². The average Bonchev–Trinajstić information content (AvgIpc) is 3.28. The lowest BCUT2D eigenvalue weighted by Gasteiger charge is -2.14. The number of alkyl halides is 1. The van der Waals surface area contributed by atoms with E-state index >= 15 is 0 Å². The number of thioether (sulfide) groups is 1. The molecule has 0 radical (unpaired) electrons. The lowest BCUT2D eigenvalue weighted by atomic mass is 10.1. The summed E-state index contributed by atoms with van der Waals surface area (Å²) in [5, 5.41) is 3.46. The van der Waals surface area contributed by atoms with Gasteiger partial charge < -0.3 is 14.8 Å². The second-order valence-corrected chi connectivity index (χ2v) is 5.91. The second-order valence-electron chi connectivity index (χ2n) is 4.97. The van der Waals surface area contributed by atoms with Gasteiger partial charge in [-0.05, 0) is 56.0 Å². The van der Waals surface area contributed by atoms with Crippen molar-refractivity contribution in [1.29, 1.82) is 0 Å². The van der Waals surface area contributed by atoms with E-state index in [-0.39, 0.29) is 0 Å². The monoisotopic (exact) mass is 299 g/mol. The van der Waals surface area contributed by atoms with Crippen LogP contribution in [0.4, 0.5) is 4.39 Å². The zero-order valence-electron chi connectivity index (χ0n) is 12.1. The first-order chi connectivity index (χ1) is 9.78. The Morgan fingerprint density at radius 1 is 1.25 bits per heavy atom. The third kappa shape index (κ3) is 4.28. The van der Waals surface area contributed by atoms with Gasteiger partial charge in [0.2, 0.25) is 0 Å². The van der Waals surface area contributed by atoms with E-state index in [1.807, 2.05) is 12.1 Å². The fourth-order valence-corrected chi connectivity index (χ4v) is 2.74. The molecular formula is C15H22FNO2S. The van der Waals surface area contributed by atoms with Gasteiger partial charge in [0, 0.05) is 0 Å². The van der Waals surface area contributed by atoms with Crippen LogP contribution in [-0.4, -0.2) is 33.3 Å². The fourth-order valence-electron chi connectivity index (χ4n) is 2.15. The molecule has 1 saturated carbocycles. The molecule has 0 bridgehead atoms. The normalized spacial score (nSPS) is 14.3. The summed E-state index contributed by atoms with van der Waals surface area (Å²) >= 11 is 1.12. The van der Waals surface area contributed by atoms with Crippen LogP contribution in [0.3, 0.4) is 0 Å². The van der Waals surface area contributed by atoms with Crippen LogP contribution in [0, 0.1) is 5.92 Å². The molecule has 1 N–H and O–H groups in total. The van der Waals surface area contributed by atoms with E-state index in [0.717, 1.165) is 53.4 Å². The van der Waals surface area contributed by atoms with Crippen molar-refractivity contribution >= 4 is 11.8 Å². The molecule has 20 heavy (non-hydrogen) atoms. The summed E-state index contributed by atoms with van der Waals surface area (Å²) < 4.78 is 23.3. The maximum absolute atomic E-state index is 12.5. The van der Waals surface area contributed by atoms with Crippen molar-refractivity contribution < 1.29 is 13.9 Å². The summed E-state index contributed by atoms with van der Waals surface area (Å²) in [6.07, 6.45) is 3.60. The van der Waals surface area contributed by atoms with Crippen LogP contribution < -0.4 is 14.8 Å². The first-order valence-electron chi connectivity index (χ1n) is 6.92. The lowest BCUT2D eigenvalue weighted by molar-refractivity contribution is 0.390. The highest BCUT2D eigenvalue weighted by molar-refractivity contribution is 7.99. The summed E-state index contributed by atoms with van der Waals surface area (Å²) in [5.74, 6) is 2.40. The molecule has 0 amide bonds. The molecule has 0 atom stereocenters. The van der Waals surface area contributed by atoms with Crippen molar-refractivity contribution in [3.05, 3.63) is 17.7 Å². The Morgan fingerprint density at radius 2 is 2.00 bits per heavy atom. The topological polar surface area (TPSA) is 30.5 Å². The summed E-state index contributed by atoms with van der Waals surface area (Å²) in [5.41, 5.74) is 1.09. The number of hydrogen-bond donors (Lipinski definition) is 1. The highest BCUT2D eigenvalue weighted by Crippen LogP contribution is 2.36. The Balaban J connectivity index is 2.00. The van der Waals surface area contributed by atoms with E-state index in [9.17, 15) is 4.39 Å². The van der Waals surface area contributed by atoms with Gasteiger partial charge >= 0.3 is 0 Å². The smallest absolute Gasteiger partial charge is 0.140 e. The predicted molar refractivity (Wildman–Crippen MR) is 80.7 cm³/mol. The molecule has 0 aliphatic heterocycles. The number of benzene rings is 1. The highest BCUT2D eigenvalue weighted by Gasteiger charge is 2.20. The van der Waals surface area contributed by atoms with Crippen molar-refractivity contribution in [2.24, 2.45) is 5.92 Å². The van der Waals surface area contributed by atoms with Gasteiger partial charge in [0.05, 0.1) is 19.1 Å². The number of rotatable bonds is 9. The van der Waals surface area contributed by atoms with Crippen LogP contribution in [0.25, 0.3) is 0 Å². The average molecular weight is 299 g/mol. The molecule has 112 valence electrons. The zero-order valence-corrected chi connectivity index (χ0v) is 12.9. The van der Waals surface area contributed by atoms with E-state index in [1.165, 1.54) is 12.8 Å². The van der Waals surface area contributed by atoms with Crippen molar-refractivity contribution in [1.82, 2.24) is 5.32 Å². The quantitative estimate of drug-likeness (QED) is 0.560. The van der Waals surface area contributed by atoms with Gasteiger partial charge in [0.1, 0.15) is 17.5 Å². The number of hydrogen-bond acceptors (Lipinski definition) is 4. The molecule has 1 aromatic carbocycles.